The molecule has 5 heteroatoms. The molecule has 0 aliphatic heterocycles. The summed E-state index contributed by atoms with van der Waals surface area (Å²) in [6, 6.07) is 4.59. The van der Waals surface area contributed by atoms with Gasteiger partial charge in [0.05, 0.1) is 16.6 Å². The van der Waals surface area contributed by atoms with Crippen LogP contribution in [-0.4, -0.2) is 24.2 Å². The van der Waals surface area contributed by atoms with Gasteiger partial charge in [-0.1, -0.05) is 6.07 Å². The molecule has 0 radical (unpaired) electrons. The average Bonchev–Trinajstić information content (AvgIpc) is 3.10. The van der Waals surface area contributed by atoms with Gasteiger partial charge < -0.3 is 10.4 Å². The molecule has 1 saturated carbocycles. The summed E-state index contributed by atoms with van der Waals surface area (Å²) >= 11 is 3.04. The number of aliphatic hydroxyl groups excluding tert-OH is 1. The van der Waals surface area contributed by atoms with Crippen molar-refractivity contribution in [2.45, 2.75) is 12.8 Å². The van der Waals surface area contributed by atoms with Gasteiger partial charge in [-0.3, -0.25) is 4.79 Å². The highest BCUT2D eigenvalue weighted by molar-refractivity contribution is 9.10. The van der Waals surface area contributed by atoms with Gasteiger partial charge >= 0.3 is 0 Å². The smallest absolute Gasteiger partial charge is 0.254 e. The van der Waals surface area contributed by atoms with Gasteiger partial charge in [0, 0.05) is 12.0 Å². The van der Waals surface area contributed by atoms with E-state index >= 15 is 0 Å². The highest BCUT2D eigenvalue weighted by Crippen LogP contribution is 2.44. The van der Waals surface area contributed by atoms with Crippen molar-refractivity contribution in [3.8, 4) is 0 Å². The Morgan fingerprint density at radius 2 is 2.24 bits per heavy atom. The molecule has 92 valence electrons. The lowest BCUT2D eigenvalue weighted by Crippen LogP contribution is -2.32. The molecule has 1 aromatic carbocycles. The molecule has 2 N–H and O–H groups in total. The van der Waals surface area contributed by atoms with Crippen molar-refractivity contribution < 1.29 is 14.3 Å². The summed E-state index contributed by atoms with van der Waals surface area (Å²) in [5.41, 5.74) is -0.147. The Morgan fingerprint density at radius 3 is 2.82 bits per heavy atom. The van der Waals surface area contributed by atoms with Crippen LogP contribution >= 0.6 is 15.9 Å². The third-order valence-corrected chi connectivity index (χ3v) is 3.73. The van der Waals surface area contributed by atoms with Crippen LogP contribution in [0.15, 0.2) is 22.7 Å². The molecule has 0 bridgehead atoms. The van der Waals surface area contributed by atoms with E-state index in [9.17, 15) is 9.18 Å². The zero-order chi connectivity index (χ0) is 12.5. The van der Waals surface area contributed by atoms with Crippen molar-refractivity contribution in [1.82, 2.24) is 5.32 Å². The predicted octanol–water partition coefficient (Wildman–Crippen LogP) is 2.09. The van der Waals surface area contributed by atoms with E-state index in [0.717, 1.165) is 12.8 Å². The van der Waals surface area contributed by atoms with Crippen LogP contribution in [0.1, 0.15) is 23.2 Å². The average molecular weight is 302 g/mol. The van der Waals surface area contributed by atoms with E-state index in [1.807, 2.05) is 0 Å². The fraction of sp³-hybridized carbons (Fsp3) is 0.417. The monoisotopic (exact) mass is 301 g/mol. The molecule has 0 aromatic heterocycles. The molecular weight excluding hydrogens is 289 g/mol. The second-order valence-corrected chi connectivity index (χ2v) is 5.30. The highest BCUT2D eigenvalue weighted by atomic mass is 79.9. The molecule has 0 unspecified atom stereocenters. The topological polar surface area (TPSA) is 49.3 Å². The molecular formula is C12H13BrFNO2. The first kappa shape index (κ1) is 12.5. The third-order valence-electron chi connectivity index (χ3n) is 3.11. The molecule has 0 saturated heterocycles. The summed E-state index contributed by atoms with van der Waals surface area (Å²) in [7, 11) is 0. The third kappa shape index (κ3) is 2.66. The van der Waals surface area contributed by atoms with Crippen molar-refractivity contribution in [2.75, 3.05) is 13.2 Å². The van der Waals surface area contributed by atoms with E-state index in [0.29, 0.717) is 6.54 Å². The Bertz CT molecular complexity index is 446. The number of halogens is 2. The standard InChI is InChI=1S/C12H13BrFNO2/c13-9-3-1-2-8(10(9)14)11(17)15-6-12(7-16)4-5-12/h1-3,16H,4-7H2,(H,15,17). The van der Waals surface area contributed by atoms with Crippen molar-refractivity contribution >= 4 is 21.8 Å². The van der Waals surface area contributed by atoms with Crippen molar-refractivity contribution in [3.05, 3.63) is 34.1 Å². The number of benzene rings is 1. The van der Waals surface area contributed by atoms with Crippen LogP contribution in [0.25, 0.3) is 0 Å². The largest absolute Gasteiger partial charge is 0.396 e. The minimum atomic E-state index is -0.557. The number of carbonyl (C=O) groups is 1. The number of carbonyl (C=O) groups excluding carboxylic acids is 1. The van der Waals surface area contributed by atoms with Crippen molar-refractivity contribution in [1.29, 1.82) is 0 Å². The molecule has 1 aromatic rings. The number of aliphatic hydroxyl groups is 1. The number of hydrogen-bond acceptors (Lipinski definition) is 2. The van der Waals surface area contributed by atoms with Crippen LogP contribution in [0, 0.1) is 11.2 Å². The molecule has 0 atom stereocenters. The normalized spacial score (nSPS) is 16.6. The molecule has 1 fully saturated rings. The summed E-state index contributed by atoms with van der Waals surface area (Å²) in [6.07, 6.45) is 1.81. The van der Waals surface area contributed by atoms with E-state index in [2.05, 4.69) is 21.2 Å². The number of nitrogens with one attached hydrogen (secondary N) is 1. The fourth-order valence-corrected chi connectivity index (χ4v) is 1.98. The fourth-order valence-electron chi connectivity index (χ4n) is 1.61. The first-order valence-electron chi connectivity index (χ1n) is 5.41. The Kier molecular flexibility index (Phi) is 3.49. The second-order valence-electron chi connectivity index (χ2n) is 4.44. The molecule has 3 nitrogen and oxygen atoms in total. The Labute approximate surface area is 107 Å². The Morgan fingerprint density at radius 1 is 1.53 bits per heavy atom. The van der Waals surface area contributed by atoms with Gasteiger partial charge in [-0.05, 0) is 40.9 Å². The van der Waals surface area contributed by atoms with Crippen LogP contribution in [-0.2, 0) is 0 Å². The Hall–Kier alpha value is -0.940. The molecule has 17 heavy (non-hydrogen) atoms. The van der Waals surface area contributed by atoms with Crippen LogP contribution in [0.3, 0.4) is 0 Å². The molecule has 1 aliphatic carbocycles. The van der Waals surface area contributed by atoms with E-state index in [-0.39, 0.29) is 22.1 Å². The zero-order valence-corrected chi connectivity index (χ0v) is 10.8. The van der Waals surface area contributed by atoms with Gasteiger partial charge in [-0.2, -0.15) is 0 Å². The lowest BCUT2D eigenvalue weighted by atomic mass is 10.1. The van der Waals surface area contributed by atoms with Crippen LogP contribution < -0.4 is 5.32 Å². The summed E-state index contributed by atoms with van der Waals surface area (Å²) in [5.74, 6) is -0.998. The van der Waals surface area contributed by atoms with Gasteiger partial charge in [0.15, 0.2) is 0 Å². The van der Waals surface area contributed by atoms with Gasteiger partial charge in [0.1, 0.15) is 5.82 Å². The van der Waals surface area contributed by atoms with Gasteiger partial charge in [-0.15, -0.1) is 0 Å². The summed E-state index contributed by atoms with van der Waals surface area (Å²) in [4.78, 5) is 11.8. The van der Waals surface area contributed by atoms with E-state index < -0.39 is 11.7 Å². The predicted molar refractivity (Wildman–Crippen MR) is 65.2 cm³/mol. The van der Waals surface area contributed by atoms with Gasteiger partial charge in [-0.25, -0.2) is 4.39 Å². The molecule has 0 heterocycles. The lowest BCUT2D eigenvalue weighted by molar-refractivity contribution is 0.0931. The van der Waals surface area contributed by atoms with Crippen molar-refractivity contribution in [2.24, 2.45) is 5.41 Å². The molecule has 1 amide bonds. The summed E-state index contributed by atoms with van der Waals surface area (Å²) in [6.45, 7) is 0.461. The minimum absolute atomic E-state index is 0.0214. The first-order chi connectivity index (χ1) is 8.08. The van der Waals surface area contributed by atoms with Gasteiger partial charge in [0.25, 0.3) is 5.91 Å². The SMILES string of the molecule is O=C(NCC1(CO)CC1)c1cccc(Br)c1F. The Balaban J connectivity index is 2.02. The maximum Gasteiger partial charge on any atom is 0.254 e. The molecule has 1 aliphatic rings. The van der Waals surface area contributed by atoms with E-state index in [1.54, 1.807) is 12.1 Å². The van der Waals surface area contributed by atoms with E-state index in [1.165, 1.54) is 6.07 Å². The number of hydrogen-bond donors (Lipinski definition) is 2. The maximum absolute atomic E-state index is 13.6. The quantitative estimate of drug-likeness (QED) is 0.895. The summed E-state index contributed by atoms with van der Waals surface area (Å²) in [5, 5.41) is 11.8. The molecule has 2 rings (SSSR count). The van der Waals surface area contributed by atoms with Gasteiger partial charge in [0.2, 0.25) is 0 Å². The van der Waals surface area contributed by atoms with Crippen LogP contribution in [0.4, 0.5) is 4.39 Å². The lowest BCUT2D eigenvalue weighted by Gasteiger charge is -2.13. The highest BCUT2D eigenvalue weighted by Gasteiger charge is 2.42. The molecule has 0 spiro atoms. The van der Waals surface area contributed by atoms with Crippen LogP contribution in [0.2, 0.25) is 0 Å². The minimum Gasteiger partial charge on any atom is -0.396 e. The zero-order valence-electron chi connectivity index (χ0n) is 9.17. The van der Waals surface area contributed by atoms with E-state index in [4.69, 9.17) is 5.11 Å². The first-order valence-corrected chi connectivity index (χ1v) is 6.20. The summed E-state index contributed by atoms with van der Waals surface area (Å²) < 4.78 is 13.9. The second kappa shape index (κ2) is 4.74. The number of rotatable bonds is 4. The van der Waals surface area contributed by atoms with Crippen LogP contribution in [0.5, 0.6) is 0 Å². The number of amides is 1. The maximum atomic E-state index is 13.6. The van der Waals surface area contributed by atoms with Crippen molar-refractivity contribution in [3.63, 3.8) is 0 Å².